The molecule has 0 aromatic carbocycles. The smallest absolute Gasteiger partial charge is 0.271 e. The van der Waals surface area contributed by atoms with E-state index in [1.807, 2.05) is 0 Å². The molecule has 0 aliphatic carbocycles. The third-order valence-electron chi connectivity index (χ3n) is 1.78. The highest BCUT2D eigenvalue weighted by Gasteiger charge is 2.18. The van der Waals surface area contributed by atoms with Gasteiger partial charge in [0.1, 0.15) is 5.69 Å². The van der Waals surface area contributed by atoms with Gasteiger partial charge in [-0.15, -0.1) is 0 Å². The fraction of sp³-hybridized carbons (Fsp3) is 0.333. The van der Waals surface area contributed by atoms with Crippen LogP contribution in [0.4, 0.5) is 0 Å². The SMILES string of the molecule is C[C@H](CO)NC(=O)c1ncc(Cl)c(Cl)c1Cl. The molecule has 1 heterocycles. The van der Waals surface area contributed by atoms with E-state index in [2.05, 4.69) is 10.3 Å². The summed E-state index contributed by atoms with van der Waals surface area (Å²) in [6, 6.07) is -0.389. The first-order valence-corrected chi connectivity index (χ1v) is 5.52. The molecule has 0 aliphatic heterocycles. The zero-order valence-electron chi connectivity index (χ0n) is 8.30. The van der Waals surface area contributed by atoms with Crippen LogP contribution in [0.5, 0.6) is 0 Å². The van der Waals surface area contributed by atoms with Crippen molar-refractivity contribution in [3.05, 3.63) is 27.0 Å². The lowest BCUT2D eigenvalue weighted by Crippen LogP contribution is -2.35. The van der Waals surface area contributed by atoms with Gasteiger partial charge >= 0.3 is 0 Å². The van der Waals surface area contributed by atoms with Crippen LogP contribution in [0.1, 0.15) is 17.4 Å². The van der Waals surface area contributed by atoms with Gasteiger partial charge in [0.15, 0.2) is 0 Å². The van der Waals surface area contributed by atoms with Crippen LogP contribution < -0.4 is 5.32 Å². The van der Waals surface area contributed by atoms with Gasteiger partial charge in [-0.05, 0) is 6.92 Å². The van der Waals surface area contributed by atoms with E-state index in [1.165, 1.54) is 6.20 Å². The Balaban J connectivity index is 2.97. The van der Waals surface area contributed by atoms with E-state index < -0.39 is 5.91 Å². The fourth-order valence-electron chi connectivity index (χ4n) is 0.939. The van der Waals surface area contributed by atoms with Crippen LogP contribution in [0.3, 0.4) is 0 Å². The molecule has 0 spiro atoms. The van der Waals surface area contributed by atoms with Gasteiger partial charge in [0, 0.05) is 12.2 Å². The van der Waals surface area contributed by atoms with E-state index in [9.17, 15) is 4.79 Å². The molecule has 1 aromatic heterocycles. The largest absolute Gasteiger partial charge is 0.394 e. The summed E-state index contributed by atoms with van der Waals surface area (Å²) in [4.78, 5) is 15.4. The summed E-state index contributed by atoms with van der Waals surface area (Å²) in [6.07, 6.45) is 1.24. The van der Waals surface area contributed by atoms with Crippen LogP contribution in [0.15, 0.2) is 6.20 Å². The molecule has 16 heavy (non-hydrogen) atoms. The van der Waals surface area contributed by atoms with Gasteiger partial charge in [-0.1, -0.05) is 34.8 Å². The highest BCUT2D eigenvalue weighted by atomic mass is 35.5. The molecule has 2 N–H and O–H groups in total. The highest BCUT2D eigenvalue weighted by Crippen LogP contribution is 2.30. The van der Waals surface area contributed by atoms with Crippen LogP contribution in [-0.4, -0.2) is 28.6 Å². The minimum atomic E-state index is -0.509. The second-order valence-electron chi connectivity index (χ2n) is 3.14. The van der Waals surface area contributed by atoms with E-state index in [0.29, 0.717) is 0 Å². The van der Waals surface area contributed by atoms with Crippen molar-refractivity contribution >= 4 is 40.7 Å². The standard InChI is InChI=1S/C9H9Cl3N2O2/c1-4(3-15)14-9(16)8-7(12)6(11)5(10)2-13-8/h2,4,15H,3H2,1H3,(H,14,16)/t4-/m1/s1. The Morgan fingerprint density at radius 3 is 2.69 bits per heavy atom. The molecular formula is C9H9Cl3N2O2. The molecule has 1 amide bonds. The Labute approximate surface area is 108 Å². The van der Waals surface area contributed by atoms with Gasteiger partial charge in [-0.25, -0.2) is 4.98 Å². The summed E-state index contributed by atoms with van der Waals surface area (Å²) < 4.78 is 0. The molecule has 0 radical (unpaired) electrons. The number of carbonyl (C=O) groups excluding carboxylic acids is 1. The summed E-state index contributed by atoms with van der Waals surface area (Å²) in [6.45, 7) is 1.47. The predicted molar refractivity (Wildman–Crippen MR) is 63.3 cm³/mol. The van der Waals surface area contributed by atoms with Crippen molar-refractivity contribution in [3.63, 3.8) is 0 Å². The van der Waals surface area contributed by atoms with Crippen LogP contribution in [0, 0.1) is 0 Å². The molecule has 0 saturated heterocycles. The molecule has 0 bridgehead atoms. The number of hydrogen-bond acceptors (Lipinski definition) is 3. The number of nitrogens with zero attached hydrogens (tertiary/aromatic N) is 1. The molecule has 1 aromatic rings. The van der Waals surface area contributed by atoms with Crippen molar-refractivity contribution in [1.82, 2.24) is 10.3 Å². The molecule has 4 nitrogen and oxygen atoms in total. The van der Waals surface area contributed by atoms with E-state index in [0.717, 1.165) is 0 Å². The molecule has 0 fully saturated rings. The number of amides is 1. The average molecular weight is 284 g/mol. The first-order chi connectivity index (χ1) is 7.47. The number of hydrogen-bond donors (Lipinski definition) is 2. The van der Waals surface area contributed by atoms with E-state index in [4.69, 9.17) is 39.9 Å². The summed E-state index contributed by atoms with van der Waals surface area (Å²) in [5, 5.41) is 11.5. The zero-order chi connectivity index (χ0) is 12.3. The van der Waals surface area contributed by atoms with Gasteiger partial charge in [-0.3, -0.25) is 4.79 Å². The first-order valence-electron chi connectivity index (χ1n) is 4.38. The third-order valence-corrected chi connectivity index (χ3v) is 3.02. The topological polar surface area (TPSA) is 62.2 Å². The maximum absolute atomic E-state index is 11.6. The normalized spacial score (nSPS) is 12.3. The van der Waals surface area contributed by atoms with Gasteiger partial charge in [-0.2, -0.15) is 0 Å². The maximum Gasteiger partial charge on any atom is 0.271 e. The number of halogens is 3. The van der Waals surface area contributed by atoms with E-state index in [-0.39, 0.29) is 33.4 Å². The van der Waals surface area contributed by atoms with Crippen molar-refractivity contribution < 1.29 is 9.90 Å². The summed E-state index contributed by atoms with van der Waals surface area (Å²) in [7, 11) is 0. The van der Waals surface area contributed by atoms with Crippen LogP contribution in [0.2, 0.25) is 15.1 Å². The predicted octanol–water partition coefficient (Wildman–Crippen LogP) is 2.15. The van der Waals surface area contributed by atoms with E-state index in [1.54, 1.807) is 6.92 Å². The lowest BCUT2D eigenvalue weighted by atomic mass is 10.3. The number of aliphatic hydroxyl groups is 1. The lowest BCUT2D eigenvalue weighted by Gasteiger charge is -2.11. The van der Waals surface area contributed by atoms with Crippen molar-refractivity contribution in [3.8, 4) is 0 Å². The fourth-order valence-corrected chi connectivity index (χ4v) is 1.51. The van der Waals surface area contributed by atoms with E-state index >= 15 is 0 Å². The second-order valence-corrected chi connectivity index (χ2v) is 4.30. The molecule has 1 atom stereocenters. The van der Waals surface area contributed by atoms with Crippen LogP contribution in [-0.2, 0) is 0 Å². The number of pyridine rings is 1. The number of carbonyl (C=O) groups is 1. The summed E-state index contributed by atoms with van der Waals surface area (Å²) >= 11 is 17.3. The van der Waals surface area contributed by atoms with Crippen molar-refractivity contribution in [2.24, 2.45) is 0 Å². The van der Waals surface area contributed by atoms with Crippen LogP contribution >= 0.6 is 34.8 Å². The number of aliphatic hydroxyl groups excluding tert-OH is 1. The number of aromatic nitrogens is 1. The molecule has 7 heteroatoms. The molecule has 88 valence electrons. The summed E-state index contributed by atoms with van der Waals surface area (Å²) in [5.74, 6) is -0.509. The van der Waals surface area contributed by atoms with Gasteiger partial charge < -0.3 is 10.4 Å². The minimum absolute atomic E-state index is 0.00296. The third kappa shape index (κ3) is 2.98. The van der Waals surface area contributed by atoms with Gasteiger partial charge in [0.2, 0.25) is 0 Å². The monoisotopic (exact) mass is 282 g/mol. The number of nitrogens with one attached hydrogen (secondary N) is 1. The first kappa shape index (κ1) is 13.5. The molecule has 1 rings (SSSR count). The Kier molecular flexibility index (Phi) is 4.80. The minimum Gasteiger partial charge on any atom is -0.394 e. The summed E-state index contributed by atoms with van der Waals surface area (Å²) in [5.41, 5.74) is -0.0173. The van der Waals surface area contributed by atoms with Crippen LogP contribution in [0.25, 0.3) is 0 Å². The van der Waals surface area contributed by atoms with Crippen molar-refractivity contribution in [2.45, 2.75) is 13.0 Å². The molecule has 0 unspecified atom stereocenters. The number of rotatable bonds is 3. The van der Waals surface area contributed by atoms with Gasteiger partial charge in [0.25, 0.3) is 5.91 Å². The molecular weight excluding hydrogens is 274 g/mol. The quantitative estimate of drug-likeness (QED) is 0.893. The maximum atomic E-state index is 11.6. The Hall–Kier alpha value is -0.550. The Morgan fingerprint density at radius 1 is 1.50 bits per heavy atom. The van der Waals surface area contributed by atoms with Gasteiger partial charge in [0.05, 0.1) is 21.7 Å². The Morgan fingerprint density at radius 2 is 2.12 bits per heavy atom. The second kappa shape index (κ2) is 5.68. The molecule has 0 aliphatic rings. The lowest BCUT2D eigenvalue weighted by molar-refractivity contribution is 0.0917. The highest BCUT2D eigenvalue weighted by molar-refractivity contribution is 6.48. The van der Waals surface area contributed by atoms with Crippen molar-refractivity contribution in [1.29, 1.82) is 0 Å². The van der Waals surface area contributed by atoms with Crippen molar-refractivity contribution in [2.75, 3.05) is 6.61 Å². The average Bonchev–Trinajstić information content (AvgIpc) is 2.25. The molecule has 0 saturated carbocycles. The zero-order valence-corrected chi connectivity index (χ0v) is 10.6. The Bertz CT molecular complexity index is 412.